The maximum atomic E-state index is 12.4. The fourth-order valence-electron chi connectivity index (χ4n) is 4.60. The molecule has 1 spiro atoms. The summed E-state index contributed by atoms with van der Waals surface area (Å²) in [5.41, 5.74) is -0.243. The molecule has 21 heavy (non-hydrogen) atoms. The number of carbonyl (C=O) groups excluding carboxylic acids is 2. The molecule has 0 aromatic rings. The molecule has 0 N–H and O–H groups in total. The van der Waals surface area contributed by atoms with Gasteiger partial charge in [0.1, 0.15) is 11.6 Å². The highest BCUT2D eigenvalue weighted by Crippen LogP contribution is 2.72. The Bertz CT molecular complexity index is 461. The van der Waals surface area contributed by atoms with Crippen molar-refractivity contribution in [2.45, 2.75) is 58.1 Å². The molecule has 2 saturated carbocycles. The van der Waals surface area contributed by atoms with E-state index in [0.717, 1.165) is 0 Å². The second kappa shape index (κ2) is 4.62. The molecule has 0 unspecified atom stereocenters. The van der Waals surface area contributed by atoms with Crippen LogP contribution in [0.25, 0.3) is 0 Å². The Morgan fingerprint density at radius 2 is 1.81 bits per heavy atom. The van der Waals surface area contributed by atoms with Gasteiger partial charge in [-0.25, -0.2) is 9.59 Å². The van der Waals surface area contributed by atoms with E-state index in [2.05, 4.69) is 0 Å². The highest BCUT2D eigenvalue weighted by atomic mass is 16.6. The second-order valence-electron chi connectivity index (χ2n) is 7.67. The van der Waals surface area contributed by atoms with Gasteiger partial charge in [-0.05, 0) is 44.9 Å². The first kappa shape index (κ1) is 14.7. The number of ether oxygens (including phenoxy) is 2. The highest BCUT2D eigenvalue weighted by molar-refractivity contribution is 5.84. The molecular weight excluding hydrogens is 270 g/mol. The van der Waals surface area contributed by atoms with E-state index in [1.807, 2.05) is 20.8 Å². The number of esters is 1. The third kappa shape index (κ3) is 2.21. The summed E-state index contributed by atoms with van der Waals surface area (Å²) in [6, 6.07) is -0.451. The molecule has 118 valence electrons. The molecule has 1 heterocycles. The molecule has 3 fully saturated rings. The van der Waals surface area contributed by atoms with Gasteiger partial charge in [0.05, 0.1) is 7.11 Å². The number of methoxy groups -OCH3 is 1. The first-order chi connectivity index (χ1) is 9.80. The van der Waals surface area contributed by atoms with Gasteiger partial charge in [-0.2, -0.15) is 0 Å². The molecule has 2 aliphatic carbocycles. The number of amides is 1. The SMILES string of the molecule is COC(=O)[C@@H]1[C@@H]2[C@H](CN1C(=O)OC(C)(C)C)C21CCCC1. The normalized spacial score (nSPS) is 33.0. The van der Waals surface area contributed by atoms with Crippen molar-refractivity contribution < 1.29 is 19.1 Å². The van der Waals surface area contributed by atoms with Crippen LogP contribution in [-0.4, -0.2) is 42.3 Å². The number of rotatable bonds is 1. The minimum absolute atomic E-state index is 0.278. The summed E-state index contributed by atoms with van der Waals surface area (Å²) in [5.74, 6) is 0.439. The van der Waals surface area contributed by atoms with Crippen LogP contribution in [0.1, 0.15) is 46.5 Å². The van der Waals surface area contributed by atoms with Crippen LogP contribution in [0.15, 0.2) is 0 Å². The second-order valence-corrected chi connectivity index (χ2v) is 7.67. The Hall–Kier alpha value is -1.26. The first-order valence-corrected chi connectivity index (χ1v) is 7.87. The minimum Gasteiger partial charge on any atom is -0.467 e. The molecule has 3 rings (SSSR count). The van der Waals surface area contributed by atoms with E-state index < -0.39 is 17.7 Å². The Labute approximate surface area is 126 Å². The van der Waals surface area contributed by atoms with Crippen LogP contribution >= 0.6 is 0 Å². The van der Waals surface area contributed by atoms with Crippen LogP contribution in [0.5, 0.6) is 0 Å². The number of carbonyl (C=O) groups is 2. The van der Waals surface area contributed by atoms with Crippen LogP contribution in [0.3, 0.4) is 0 Å². The average molecular weight is 295 g/mol. The van der Waals surface area contributed by atoms with Crippen LogP contribution < -0.4 is 0 Å². The van der Waals surface area contributed by atoms with E-state index in [0.29, 0.717) is 17.9 Å². The number of nitrogens with zero attached hydrogens (tertiary/aromatic N) is 1. The average Bonchev–Trinajstić information content (AvgIpc) is 2.77. The van der Waals surface area contributed by atoms with E-state index in [1.165, 1.54) is 32.8 Å². The Kier molecular flexibility index (Phi) is 3.22. The molecule has 0 bridgehead atoms. The van der Waals surface area contributed by atoms with E-state index in [1.54, 1.807) is 4.90 Å². The van der Waals surface area contributed by atoms with Crippen molar-refractivity contribution in [1.82, 2.24) is 4.90 Å². The van der Waals surface area contributed by atoms with Crippen molar-refractivity contribution in [3.8, 4) is 0 Å². The van der Waals surface area contributed by atoms with E-state index in [9.17, 15) is 9.59 Å². The number of likely N-dealkylation sites (tertiary alicyclic amines) is 1. The molecule has 5 heteroatoms. The van der Waals surface area contributed by atoms with Gasteiger partial charge in [0, 0.05) is 12.5 Å². The third-order valence-corrected chi connectivity index (χ3v) is 5.40. The van der Waals surface area contributed by atoms with Crippen molar-refractivity contribution in [2.75, 3.05) is 13.7 Å². The lowest BCUT2D eigenvalue weighted by atomic mass is 9.95. The summed E-state index contributed by atoms with van der Waals surface area (Å²) in [5, 5.41) is 0. The number of fused-ring (bicyclic) bond motifs is 3. The Morgan fingerprint density at radius 3 is 2.33 bits per heavy atom. The maximum absolute atomic E-state index is 12.4. The summed E-state index contributed by atoms with van der Waals surface area (Å²) in [7, 11) is 1.40. The van der Waals surface area contributed by atoms with Gasteiger partial charge < -0.3 is 9.47 Å². The molecule has 0 radical (unpaired) electrons. The molecule has 0 aromatic heterocycles. The zero-order chi connectivity index (χ0) is 15.4. The van der Waals surface area contributed by atoms with Gasteiger partial charge in [0.25, 0.3) is 0 Å². The van der Waals surface area contributed by atoms with Gasteiger partial charge in [0.2, 0.25) is 0 Å². The zero-order valence-electron chi connectivity index (χ0n) is 13.3. The minimum atomic E-state index is -0.546. The number of hydrogen-bond acceptors (Lipinski definition) is 4. The van der Waals surface area contributed by atoms with Crippen molar-refractivity contribution in [3.63, 3.8) is 0 Å². The standard InChI is InChI=1S/C16H25NO4/c1-15(2,3)21-14(19)17-9-10-11(12(17)13(18)20-4)16(10)7-5-6-8-16/h10-12H,5-9H2,1-4H3/t10-,11-,12-/m0/s1. The van der Waals surface area contributed by atoms with E-state index >= 15 is 0 Å². The summed E-state index contributed by atoms with van der Waals surface area (Å²) >= 11 is 0. The van der Waals surface area contributed by atoms with Crippen LogP contribution in [0, 0.1) is 17.3 Å². The lowest BCUT2D eigenvalue weighted by Gasteiger charge is -2.32. The van der Waals surface area contributed by atoms with Crippen LogP contribution in [0.4, 0.5) is 4.79 Å². The number of hydrogen-bond donors (Lipinski definition) is 0. The fourth-order valence-corrected chi connectivity index (χ4v) is 4.60. The van der Waals surface area contributed by atoms with Gasteiger partial charge in [0.15, 0.2) is 0 Å². The summed E-state index contributed by atoms with van der Waals surface area (Å²) in [4.78, 5) is 26.2. The molecule has 1 amide bonds. The third-order valence-electron chi connectivity index (χ3n) is 5.40. The largest absolute Gasteiger partial charge is 0.467 e. The van der Waals surface area contributed by atoms with Gasteiger partial charge in [-0.1, -0.05) is 12.8 Å². The van der Waals surface area contributed by atoms with Gasteiger partial charge in [-0.15, -0.1) is 0 Å². The van der Waals surface area contributed by atoms with Crippen molar-refractivity contribution in [3.05, 3.63) is 0 Å². The predicted octanol–water partition coefficient (Wildman–Crippen LogP) is 2.59. The number of piperidine rings is 1. The quantitative estimate of drug-likeness (QED) is 0.698. The molecule has 3 atom stereocenters. The van der Waals surface area contributed by atoms with Crippen molar-refractivity contribution in [1.29, 1.82) is 0 Å². The smallest absolute Gasteiger partial charge is 0.411 e. The van der Waals surface area contributed by atoms with Crippen molar-refractivity contribution in [2.24, 2.45) is 17.3 Å². The zero-order valence-corrected chi connectivity index (χ0v) is 13.3. The summed E-state index contributed by atoms with van der Waals surface area (Å²) in [6.07, 6.45) is 4.48. The monoisotopic (exact) mass is 295 g/mol. The lowest BCUT2D eigenvalue weighted by Crippen LogP contribution is -2.48. The highest BCUT2D eigenvalue weighted by Gasteiger charge is 2.74. The molecule has 0 aromatic carbocycles. The van der Waals surface area contributed by atoms with Crippen LogP contribution in [-0.2, 0) is 14.3 Å². The van der Waals surface area contributed by atoms with Gasteiger partial charge >= 0.3 is 12.1 Å². The Morgan fingerprint density at radius 1 is 1.19 bits per heavy atom. The maximum Gasteiger partial charge on any atom is 0.411 e. The summed E-state index contributed by atoms with van der Waals surface area (Å²) in [6.45, 7) is 6.16. The Balaban J connectivity index is 1.78. The first-order valence-electron chi connectivity index (χ1n) is 7.87. The predicted molar refractivity (Wildman–Crippen MR) is 76.6 cm³/mol. The molecular formula is C16H25NO4. The van der Waals surface area contributed by atoms with Crippen LogP contribution in [0.2, 0.25) is 0 Å². The van der Waals surface area contributed by atoms with Crippen molar-refractivity contribution >= 4 is 12.1 Å². The van der Waals surface area contributed by atoms with E-state index in [-0.39, 0.29) is 11.9 Å². The summed E-state index contributed by atoms with van der Waals surface area (Å²) < 4.78 is 10.4. The molecule has 1 saturated heterocycles. The molecule has 3 aliphatic rings. The van der Waals surface area contributed by atoms with E-state index in [4.69, 9.17) is 9.47 Å². The lowest BCUT2D eigenvalue weighted by molar-refractivity contribution is -0.147. The van der Waals surface area contributed by atoms with Gasteiger partial charge in [-0.3, -0.25) is 4.90 Å². The topological polar surface area (TPSA) is 55.8 Å². The molecule has 1 aliphatic heterocycles. The molecule has 5 nitrogen and oxygen atoms in total. The fraction of sp³-hybridized carbons (Fsp3) is 0.875.